The molecule has 2 aromatic rings. The second-order valence-electron chi connectivity index (χ2n) is 2.82. The van der Waals surface area contributed by atoms with Gasteiger partial charge in [0.1, 0.15) is 11.3 Å². The molecule has 0 saturated carbocycles. The number of phenolic OH excluding ortho intramolecular Hbond substituents is 1. The minimum Gasteiger partial charge on any atom is -0.507 e. The molecule has 1 aromatic carbocycles. The lowest BCUT2D eigenvalue weighted by Gasteiger charge is -1.99. The van der Waals surface area contributed by atoms with Gasteiger partial charge in [-0.15, -0.1) is 0 Å². The van der Waals surface area contributed by atoms with Crippen molar-refractivity contribution in [2.24, 2.45) is 0 Å². The van der Waals surface area contributed by atoms with E-state index in [1.807, 2.05) is 0 Å². The van der Waals surface area contributed by atoms with Crippen molar-refractivity contribution in [3.05, 3.63) is 40.2 Å². The number of fused-ring (bicyclic) bond motifs is 1. The van der Waals surface area contributed by atoms with Gasteiger partial charge in [0.05, 0.1) is 5.56 Å². The molecule has 0 aliphatic rings. The quantitative estimate of drug-likeness (QED) is 0.543. The van der Waals surface area contributed by atoms with Crippen LogP contribution < -0.4 is 5.63 Å². The van der Waals surface area contributed by atoms with Crippen molar-refractivity contribution in [1.82, 2.24) is 0 Å². The number of benzene rings is 1. The summed E-state index contributed by atoms with van der Waals surface area (Å²) in [6.45, 7) is 0. The van der Waals surface area contributed by atoms with E-state index in [9.17, 15) is 14.7 Å². The van der Waals surface area contributed by atoms with Gasteiger partial charge in [-0.05, 0) is 18.2 Å². The molecular weight excluding hydrogens is 184 g/mol. The van der Waals surface area contributed by atoms with Crippen LogP contribution in [-0.4, -0.2) is 11.4 Å². The van der Waals surface area contributed by atoms with Crippen LogP contribution in [0.3, 0.4) is 0 Å². The molecule has 0 radical (unpaired) electrons. The number of phenols is 1. The van der Waals surface area contributed by atoms with Crippen molar-refractivity contribution >= 4 is 17.3 Å². The normalized spacial score (nSPS) is 10.3. The van der Waals surface area contributed by atoms with E-state index in [1.54, 1.807) is 0 Å². The molecule has 4 heteroatoms. The monoisotopic (exact) mass is 190 g/mol. The van der Waals surface area contributed by atoms with Gasteiger partial charge in [0, 0.05) is 11.5 Å². The van der Waals surface area contributed by atoms with Crippen LogP contribution >= 0.6 is 0 Å². The Morgan fingerprint density at radius 1 is 1.29 bits per heavy atom. The zero-order valence-corrected chi connectivity index (χ0v) is 7.06. The van der Waals surface area contributed by atoms with E-state index in [2.05, 4.69) is 0 Å². The summed E-state index contributed by atoms with van der Waals surface area (Å²) < 4.78 is 4.83. The Kier molecular flexibility index (Phi) is 1.81. The van der Waals surface area contributed by atoms with Gasteiger partial charge in [0.25, 0.3) is 0 Å². The third-order valence-corrected chi connectivity index (χ3v) is 1.90. The van der Waals surface area contributed by atoms with E-state index < -0.39 is 5.63 Å². The third-order valence-electron chi connectivity index (χ3n) is 1.90. The highest BCUT2D eigenvalue weighted by Gasteiger charge is 2.04. The van der Waals surface area contributed by atoms with Gasteiger partial charge in [-0.2, -0.15) is 0 Å². The lowest BCUT2D eigenvalue weighted by atomic mass is 10.1. The minimum atomic E-state index is -0.486. The summed E-state index contributed by atoms with van der Waals surface area (Å²) in [6.07, 6.45) is 0.502. The predicted molar refractivity (Wildman–Crippen MR) is 49.5 cm³/mol. The summed E-state index contributed by atoms with van der Waals surface area (Å²) in [6, 6.07) is 5.49. The van der Waals surface area contributed by atoms with E-state index >= 15 is 0 Å². The van der Waals surface area contributed by atoms with Crippen LogP contribution in [0.5, 0.6) is 5.75 Å². The zero-order valence-electron chi connectivity index (χ0n) is 7.06. The molecule has 0 amide bonds. The van der Waals surface area contributed by atoms with Crippen LogP contribution in [0.2, 0.25) is 0 Å². The fraction of sp³-hybridized carbons (Fsp3) is 0. The first-order valence-electron chi connectivity index (χ1n) is 3.93. The Morgan fingerprint density at radius 3 is 2.79 bits per heavy atom. The van der Waals surface area contributed by atoms with Crippen LogP contribution in [0.1, 0.15) is 10.4 Å². The molecule has 2 rings (SSSR count). The Labute approximate surface area is 78.4 Å². The Balaban J connectivity index is 2.86. The first kappa shape index (κ1) is 8.50. The number of aromatic hydroxyl groups is 1. The molecule has 0 atom stereocenters. The summed E-state index contributed by atoms with van der Waals surface area (Å²) in [7, 11) is 0. The summed E-state index contributed by atoms with van der Waals surface area (Å²) in [5.41, 5.74) is -0.0933. The maximum atomic E-state index is 10.9. The highest BCUT2D eigenvalue weighted by atomic mass is 16.4. The Hall–Kier alpha value is -2.10. The van der Waals surface area contributed by atoms with Gasteiger partial charge in [-0.3, -0.25) is 4.79 Å². The van der Waals surface area contributed by atoms with Crippen molar-refractivity contribution in [2.45, 2.75) is 0 Å². The highest BCUT2D eigenvalue weighted by Crippen LogP contribution is 2.22. The van der Waals surface area contributed by atoms with Gasteiger partial charge < -0.3 is 9.52 Å². The van der Waals surface area contributed by atoms with Gasteiger partial charge in [-0.25, -0.2) is 4.79 Å². The van der Waals surface area contributed by atoms with E-state index in [1.165, 1.54) is 24.3 Å². The van der Waals surface area contributed by atoms with Gasteiger partial charge >= 0.3 is 5.63 Å². The summed E-state index contributed by atoms with van der Waals surface area (Å²) >= 11 is 0. The number of carbonyl (C=O) groups excluding carboxylic acids is 1. The van der Waals surface area contributed by atoms with Crippen LogP contribution in [0.25, 0.3) is 11.0 Å². The van der Waals surface area contributed by atoms with Crippen LogP contribution in [-0.2, 0) is 0 Å². The zero-order chi connectivity index (χ0) is 10.1. The second kappa shape index (κ2) is 2.99. The highest BCUT2D eigenvalue weighted by molar-refractivity contribution is 5.88. The molecule has 0 spiro atoms. The predicted octanol–water partition coefficient (Wildman–Crippen LogP) is 1.31. The second-order valence-corrected chi connectivity index (χ2v) is 2.82. The van der Waals surface area contributed by atoms with E-state index in [0.717, 1.165) is 0 Å². The van der Waals surface area contributed by atoms with Crippen LogP contribution in [0.4, 0.5) is 0 Å². The molecule has 0 aliphatic carbocycles. The molecule has 0 aliphatic heterocycles. The SMILES string of the molecule is O=Cc1cc2oc(=O)ccc2cc1O. The van der Waals surface area contributed by atoms with Crippen molar-refractivity contribution < 1.29 is 14.3 Å². The first-order chi connectivity index (χ1) is 6.70. The number of rotatable bonds is 1. The molecule has 70 valence electrons. The standard InChI is InChI=1S/C10H6O4/c11-5-7-4-9-6(3-8(7)12)1-2-10(13)14-9/h1-5,12H. The van der Waals surface area contributed by atoms with Gasteiger partial charge in [0.2, 0.25) is 0 Å². The van der Waals surface area contributed by atoms with Crippen LogP contribution in [0.15, 0.2) is 33.5 Å². The lowest BCUT2D eigenvalue weighted by Crippen LogP contribution is -1.94. The average molecular weight is 190 g/mol. The lowest BCUT2D eigenvalue weighted by molar-refractivity contribution is 0.112. The molecular formula is C10H6O4. The largest absolute Gasteiger partial charge is 0.507 e. The van der Waals surface area contributed by atoms with E-state index in [-0.39, 0.29) is 16.9 Å². The Bertz CT molecular complexity index is 554. The molecule has 1 N–H and O–H groups in total. The number of hydrogen-bond donors (Lipinski definition) is 1. The number of carbonyl (C=O) groups is 1. The summed E-state index contributed by atoms with van der Waals surface area (Å²) in [5, 5.41) is 9.90. The average Bonchev–Trinajstić information content (AvgIpc) is 2.17. The summed E-state index contributed by atoms with van der Waals surface area (Å²) in [4.78, 5) is 21.3. The Morgan fingerprint density at radius 2 is 2.07 bits per heavy atom. The molecule has 4 nitrogen and oxygen atoms in total. The fourth-order valence-electron chi connectivity index (χ4n) is 1.21. The number of aldehydes is 1. The van der Waals surface area contributed by atoms with Crippen molar-refractivity contribution in [1.29, 1.82) is 0 Å². The maximum absolute atomic E-state index is 10.9. The molecule has 0 unspecified atom stereocenters. The molecule has 0 bridgehead atoms. The van der Waals surface area contributed by atoms with E-state index in [0.29, 0.717) is 11.7 Å². The maximum Gasteiger partial charge on any atom is 0.336 e. The summed E-state index contributed by atoms with van der Waals surface area (Å²) in [5.74, 6) is -0.124. The minimum absolute atomic E-state index is 0.104. The molecule has 1 aromatic heterocycles. The first-order valence-corrected chi connectivity index (χ1v) is 3.93. The van der Waals surface area contributed by atoms with Crippen molar-refractivity contribution in [3.63, 3.8) is 0 Å². The van der Waals surface area contributed by atoms with Crippen molar-refractivity contribution in [2.75, 3.05) is 0 Å². The smallest absolute Gasteiger partial charge is 0.336 e. The van der Waals surface area contributed by atoms with Gasteiger partial charge in [-0.1, -0.05) is 0 Å². The number of hydrogen-bond acceptors (Lipinski definition) is 4. The molecule has 14 heavy (non-hydrogen) atoms. The van der Waals surface area contributed by atoms with E-state index in [4.69, 9.17) is 4.42 Å². The fourth-order valence-corrected chi connectivity index (χ4v) is 1.21. The van der Waals surface area contributed by atoms with Crippen molar-refractivity contribution in [3.8, 4) is 5.75 Å². The third kappa shape index (κ3) is 1.26. The molecule has 0 fully saturated rings. The molecule has 1 heterocycles. The molecule has 0 saturated heterocycles. The topological polar surface area (TPSA) is 67.5 Å². The van der Waals surface area contributed by atoms with Gasteiger partial charge in [0.15, 0.2) is 6.29 Å². The van der Waals surface area contributed by atoms with Crippen LogP contribution in [0, 0.1) is 0 Å².